The highest BCUT2D eigenvalue weighted by Gasteiger charge is 2.02. The molecule has 0 unspecified atom stereocenters. The van der Waals surface area contributed by atoms with Crippen molar-refractivity contribution >= 4 is 21.6 Å². The lowest BCUT2D eigenvalue weighted by Gasteiger charge is -1.95. The van der Waals surface area contributed by atoms with Gasteiger partial charge in [0.15, 0.2) is 0 Å². The summed E-state index contributed by atoms with van der Waals surface area (Å²) >= 11 is 3.46. The maximum Gasteiger partial charge on any atom is 0.138 e. The summed E-state index contributed by atoms with van der Waals surface area (Å²) in [6.45, 7) is 0. The lowest BCUT2D eigenvalue weighted by molar-refractivity contribution is 1.11. The van der Waals surface area contributed by atoms with Crippen LogP contribution in [0.15, 0.2) is 59.3 Å². The maximum atomic E-state index is 4.60. The Labute approximate surface area is 108 Å². The van der Waals surface area contributed by atoms with Gasteiger partial charge in [0.1, 0.15) is 5.65 Å². The zero-order chi connectivity index (χ0) is 11.7. The highest BCUT2D eigenvalue weighted by molar-refractivity contribution is 9.10. The number of aromatic nitrogens is 2. The lowest BCUT2D eigenvalue weighted by atomic mass is 10.1. The molecule has 0 amide bonds. The first-order valence-corrected chi connectivity index (χ1v) is 6.28. The molecule has 0 atom stereocenters. The van der Waals surface area contributed by atoms with Crippen molar-refractivity contribution in [3.05, 3.63) is 70.6 Å². The summed E-state index contributed by atoms with van der Waals surface area (Å²) in [5.74, 6) is 0. The van der Waals surface area contributed by atoms with E-state index in [0.29, 0.717) is 0 Å². The van der Waals surface area contributed by atoms with Gasteiger partial charge in [-0.2, -0.15) is 0 Å². The Morgan fingerprint density at radius 2 is 1.94 bits per heavy atom. The third kappa shape index (κ3) is 2.24. The first-order chi connectivity index (χ1) is 8.31. The van der Waals surface area contributed by atoms with Crippen LogP contribution in [0.3, 0.4) is 0 Å². The Morgan fingerprint density at radius 3 is 2.76 bits per heavy atom. The van der Waals surface area contributed by atoms with Crippen LogP contribution in [0, 0.1) is 0 Å². The number of imidazole rings is 1. The summed E-state index contributed by atoms with van der Waals surface area (Å²) in [5.41, 5.74) is 3.36. The molecule has 0 saturated heterocycles. The van der Waals surface area contributed by atoms with Gasteiger partial charge in [-0.15, -0.1) is 0 Å². The normalized spacial score (nSPS) is 10.9. The summed E-state index contributed by atoms with van der Waals surface area (Å²) in [4.78, 5) is 4.60. The number of fused-ring (bicyclic) bond motifs is 1. The number of halogens is 1. The molecule has 0 N–H and O–H groups in total. The van der Waals surface area contributed by atoms with Gasteiger partial charge in [0, 0.05) is 23.3 Å². The van der Waals surface area contributed by atoms with Crippen molar-refractivity contribution < 1.29 is 0 Å². The Bertz CT molecular complexity index is 644. The van der Waals surface area contributed by atoms with Gasteiger partial charge in [-0.25, -0.2) is 4.98 Å². The Kier molecular flexibility index (Phi) is 2.69. The van der Waals surface area contributed by atoms with E-state index in [4.69, 9.17) is 0 Å². The molecule has 0 bridgehead atoms. The average Bonchev–Trinajstić information content (AvgIpc) is 2.71. The van der Waals surface area contributed by atoms with Crippen LogP contribution >= 0.6 is 15.9 Å². The number of rotatable bonds is 2. The standard InChI is InChI=1S/C14H11BrN2/c15-12-6-7-17-10-13(16-14(17)9-12)8-11-4-2-1-3-5-11/h1-7,9-10H,8H2. The van der Waals surface area contributed by atoms with E-state index >= 15 is 0 Å². The molecule has 0 saturated carbocycles. The van der Waals surface area contributed by atoms with E-state index in [1.165, 1.54) is 5.56 Å². The molecule has 0 radical (unpaired) electrons. The second-order valence-electron chi connectivity index (χ2n) is 4.01. The van der Waals surface area contributed by atoms with E-state index < -0.39 is 0 Å². The molecule has 84 valence electrons. The zero-order valence-electron chi connectivity index (χ0n) is 9.18. The quantitative estimate of drug-likeness (QED) is 0.702. The predicted molar refractivity (Wildman–Crippen MR) is 72.1 cm³/mol. The number of pyridine rings is 1. The van der Waals surface area contributed by atoms with E-state index in [9.17, 15) is 0 Å². The number of benzene rings is 1. The summed E-state index contributed by atoms with van der Waals surface area (Å²) in [7, 11) is 0. The fourth-order valence-electron chi connectivity index (χ4n) is 1.90. The average molecular weight is 287 g/mol. The first kappa shape index (κ1) is 10.5. The molecule has 3 heteroatoms. The molecule has 2 aromatic heterocycles. The second kappa shape index (κ2) is 4.34. The molecule has 0 aliphatic rings. The van der Waals surface area contributed by atoms with E-state index in [2.05, 4.69) is 51.4 Å². The van der Waals surface area contributed by atoms with Crippen LogP contribution in [0.2, 0.25) is 0 Å². The molecule has 1 aromatic carbocycles. The van der Waals surface area contributed by atoms with Gasteiger partial charge < -0.3 is 4.40 Å². The molecule has 2 heterocycles. The molecule has 17 heavy (non-hydrogen) atoms. The fraction of sp³-hybridized carbons (Fsp3) is 0.0714. The number of hydrogen-bond acceptors (Lipinski definition) is 1. The molecule has 3 rings (SSSR count). The minimum atomic E-state index is 0.875. The van der Waals surface area contributed by atoms with E-state index in [1.54, 1.807) is 0 Å². The summed E-state index contributed by atoms with van der Waals surface area (Å²) in [5, 5.41) is 0. The number of nitrogens with zero attached hydrogens (tertiary/aromatic N) is 2. The molecule has 0 aliphatic heterocycles. The van der Waals surface area contributed by atoms with Gasteiger partial charge in [0.2, 0.25) is 0 Å². The van der Waals surface area contributed by atoms with Crippen LogP contribution in [-0.4, -0.2) is 9.38 Å². The van der Waals surface area contributed by atoms with E-state index in [1.807, 2.05) is 28.8 Å². The van der Waals surface area contributed by atoms with Gasteiger partial charge >= 0.3 is 0 Å². The van der Waals surface area contributed by atoms with Crippen LogP contribution in [0.4, 0.5) is 0 Å². The largest absolute Gasteiger partial charge is 0.307 e. The van der Waals surface area contributed by atoms with Gasteiger partial charge in [0.25, 0.3) is 0 Å². The van der Waals surface area contributed by atoms with Crippen LogP contribution in [0.5, 0.6) is 0 Å². The first-order valence-electron chi connectivity index (χ1n) is 5.48. The highest BCUT2D eigenvalue weighted by atomic mass is 79.9. The minimum absolute atomic E-state index is 0.875. The summed E-state index contributed by atoms with van der Waals surface area (Å²) < 4.78 is 3.10. The topological polar surface area (TPSA) is 17.3 Å². The van der Waals surface area contributed by atoms with Gasteiger partial charge in [-0.1, -0.05) is 46.3 Å². The zero-order valence-corrected chi connectivity index (χ0v) is 10.8. The monoisotopic (exact) mass is 286 g/mol. The van der Waals surface area contributed by atoms with Gasteiger partial charge in [-0.05, 0) is 17.7 Å². The molecular formula is C14H11BrN2. The van der Waals surface area contributed by atoms with Crippen molar-refractivity contribution in [2.75, 3.05) is 0 Å². The van der Waals surface area contributed by atoms with Gasteiger partial charge in [-0.3, -0.25) is 0 Å². The summed E-state index contributed by atoms with van der Waals surface area (Å²) in [6.07, 6.45) is 4.97. The van der Waals surface area contributed by atoms with Crippen molar-refractivity contribution in [3.63, 3.8) is 0 Å². The number of hydrogen-bond donors (Lipinski definition) is 0. The van der Waals surface area contributed by atoms with Crippen LogP contribution < -0.4 is 0 Å². The molecule has 2 nitrogen and oxygen atoms in total. The van der Waals surface area contributed by atoms with E-state index in [0.717, 1.165) is 22.2 Å². The third-order valence-corrected chi connectivity index (χ3v) is 3.19. The lowest BCUT2D eigenvalue weighted by Crippen LogP contribution is -1.86. The third-order valence-electron chi connectivity index (χ3n) is 2.70. The Balaban J connectivity index is 1.96. The maximum absolute atomic E-state index is 4.60. The second-order valence-corrected chi connectivity index (χ2v) is 4.92. The van der Waals surface area contributed by atoms with Crippen LogP contribution in [0.1, 0.15) is 11.3 Å². The highest BCUT2D eigenvalue weighted by Crippen LogP contribution is 2.15. The SMILES string of the molecule is Brc1ccn2cc(Cc3ccccc3)nc2c1. The van der Waals surface area contributed by atoms with Crippen molar-refractivity contribution in [1.82, 2.24) is 9.38 Å². The molecular weight excluding hydrogens is 276 g/mol. The smallest absolute Gasteiger partial charge is 0.138 e. The molecule has 0 spiro atoms. The van der Waals surface area contributed by atoms with Crippen molar-refractivity contribution in [3.8, 4) is 0 Å². The molecule has 0 fully saturated rings. The van der Waals surface area contributed by atoms with Crippen LogP contribution in [-0.2, 0) is 6.42 Å². The van der Waals surface area contributed by atoms with Crippen LogP contribution in [0.25, 0.3) is 5.65 Å². The van der Waals surface area contributed by atoms with Gasteiger partial charge in [0.05, 0.1) is 5.69 Å². The molecule has 3 aromatic rings. The van der Waals surface area contributed by atoms with Crippen molar-refractivity contribution in [2.45, 2.75) is 6.42 Å². The van der Waals surface area contributed by atoms with Crippen molar-refractivity contribution in [2.24, 2.45) is 0 Å². The fourth-order valence-corrected chi connectivity index (χ4v) is 2.22. The Morgan fingerprint density at radius 1 is 1.12 bits per heavy atom. The predicted octanol–water partition coefficient (Wildman–Crippen LogP) is 3.69. The molecule has 0 aliphatic carbocycles. The van der Waals surface area contributed by atoms with Crippen molar-refractivity contribution in [1.29, 1.82) is 0 Å². The van der Waals surface area contributed by atoms with E-state index in [-0.39, 0.29) is 0 Å². The summed E-state index contributed by atoms with van der Waals surface area (Å²) in [6, 6.07) is 14.4. The Hall–Kier alpha value is -1.61. The minimum Gasteiger partial charge on any atom is -0.307 e.